The average Bonchev–Trinajstić information content (AvgIpc) is 2.41. The number of thiocarbonyl (C=S) groups is 2. The van der Waals surface area contributed by atoms with Crippen molar-refractivity contribution in [2.24, 2.45) is 9.98 Å². The van der Waals surface area contributed by atoms with Crippen molar-refractivity contribution in [3.8, 4) is 0 Å². The Kier molecular flexibility index (Phi) is 4.08. The SMILES string of the molecule is S=C=NC1(N=C=S)C=CC(c2ccccc2)C=C1. The molecule has 0 unspecified atom stereocenters. The summed E-state index contributed by atoms with van der Waals surface area (Å²) in [5.74, 6) is 0.222. The second kappa shape index (κ2) is 5.76. The van der Waals surface area contributed by atoms with E-state index in [4.69, 9.17) is 0 Å². The van der Waals surface area contributed by atoms with Gasteiger partial charge < -0.3 is 0 Å². The second-order valence-corrected chi connectivity index (χ2v) is 4.21. The molecule has 1 aromatic rings. The molecule has 0 saturated carbocycles. The number of hydrogen-bond acceptors (Lipinski definition) is 4. The summed E-state index contributed by atoms with van der Waals surface area (Å²) < 4.78 is 0. The Morgan fingerprint density at radius 1 is 0.944 bits per heavy atom. The number of rotatable bonds is 3. The summed E-state index contributed by atoms with van der Waals surface area (Å²) in [6.07, 6.45) is 7.79. The van der Waals surface area contributed by atoms with Gasteiger partial charge >= 0.3 is 0 Å². The maximum absolute atomic E-state index is 4.64. The van der Waals surface area contributed by atoms with Crippen LogP contribution in [0.2, 0.25) is 0 Å². The van der Waals surface area contributed by atoms with Crippen LogP contribution in [0.5, 0.6) is 0 Å². The first kappa shape index (κ1) is 12.7. The molecule has 88 valence electrons. The van der Waals surface area contributed by atoms with Gasteiger partial charge in [0.1, 0.15) is 0 Å². The fourth-order valence-electron chi connectivity index (χ4n) is 1.83. The number of hydrogen-bond donors (Lipinski definition) is 0. The van der Waals surface area contributed by atoms with Crippen molar-refractivity contribution < 1.29 is 0 Å². The third-order valence-electron chi connectivity index (χ3n) is 2.73. The van der Waals surface area contributed by atoms with Crippen LogP contribution in [-0.4, -0.2) is 16.0 Å². The average molecular weight is 270 g/mol. The topological polar surface area (TPSA) is 24.7 Å². The van der Waals surface area contributed by atoms with Crippen LogP contribution in [0.1, 0.15) is 11.5 Å². The van der Waals surface area contributed by atoms with E-state index in [9.17, 15) is 0 Å². The van der Waals surface area contributed by atoms with Gasteiger partial charge in [-0.3, -0.25) is 0 Å². The Morgan fingerprint density at radius 2 is 1.50 bits per heavy atom. The number of isothiocyanates is 2. The van der Waals surface area contributed by atoms with E-state index in [1.807, 2.05) is 42.5 Å². The molecule has 0 spiro atoms. The quantitative estimate of drug-likeness (QED) is 0.474. The van der Waals surface area contributed by atoms with Gasteiger partial charge in [0.05, 0.1) is 10.3 Å². The normalized spacial score (nSPS) is 25.0. The van der Waals surface area contributed by atoms with Gasteiger partial charge in [-0.1, -0.05) is 42.5 Å². The predicted octanol–water partition coefficient (Wildman–Crippen LogP) is 3.80. The zero-order chi connectivity index (χ0) is 12.8. The molecule has 4 heteroatoms. The number of nitrogens with zero attached hydrogens (tertiary/aromatic N) is 2. The van der Waals surface area contributed by atoms with E-state index < -0.39 is 5.66 Å². The zero-order valence-electron chi connectivity index (χ0n) is 9.48. The van der Waals surface area contributed by atoms with Crippen LogP contribution in [0.25, 0.3) is 0 Å². The summed E-state index contributed by atoms with van der Waals surface area (Å²) in [4.78, 5) is 8.06. The Hall–Kier alpha value is -1.70. The van der Waals surface area contributed by atoms with E-state index >= 15 is 0 Å². The molecule has 1 aliphatic rings. The molecule has 1 aromatic carbocycles. The van der Waals surface area contributed by atoms with Gasteiger partial charge in [0.25, 0.3) is 0 Å². The first-order chi connectivity index (χ1) is 8.79. The lowest BCUT2D eigenvalue weighted by molar-refractivity contribution is 0.691. The smallest absolute Gasteiger partial charge is 0.192 e. The van der Waals surface area contributed by atoms with Crippen LogP contribution >= 0.6 is 24.4 Å². The molecule has 0 bridgehead atoms. The summed E-state index contributed by atoms with van der Waals surface area (Å²) in [6, 6.07) is 10.2. The Labute approximate surface area is 116 Å². The van der Waals surface area contributed by atoms with Gasteiger partial charge in [0.15, 0.2) is 0 Å². The Balaban J connectivity index is 2.30. The van der Waals surface area contributed by atoms with Crippen LogP contribution < -0.4 is 0 Å². The lowest BCUT2D eigenvalue weighted by Crippen LogP contribution is -2.20. The molecule has 1 aliphatic carbocycles. The molecule has 0 fully saturated rings. The minimum Gasteiger partial charge on any atom is -0.192 e. The van der Waals surface area contributed by atoms with Gasteiger partial charge in [-0.05, 0) is 42.2 Å². The predicted molar refractivity (Wildman–Crippen MR) is 80.2 cm³/mol. The van der Waals surface area contributed by atoms with Crippen molar-refractivity contribution in [2.45, 2.75) is 11.6 Å². The minimum absolute atomic E-state index is 0.222. The van der Waals surface area contributed by atoms with Gasteiger partial charge in [-0.25, -0.2) is 0 Å². The highest BCUT2D eigenvalue weighted by Crippen LogP contribution is 2.29. The van der Waals surface area contributed by atoms with E-state index in [0.717, 1.165) is 0 Å². The molecule has 0 amide bonds. The van der Waals surface area contributed by atoms with E-state index in [1.54, 1.807) is 0 Å². The van der Waals surface area contributed by atoms with Gasteiger partial charge in [-0.15, -0.1) is 0 Å². The summed E-state index contributed by atoms with van der Waals surface area (Å²) in [5.41, 5.74) is 0.366. The van der Waals surface area contributed by atoms with E-state index in [-0.39, 0.29) is 5.92 Å². The van der Waals surface area contributed by atoms with Crippen LogP contribution in [0.4, 0.5) is 0 Å². The van der Waals surface area contributed by atoms with Crippen molar-refractivity contribution in [2.75, 3.05) is 0 Å². The van der Waals surface area contributed by atoms with Crippen LogP contribution in [-0.2, 0) is 0 Å². The highest BCUT2D eigenvalue weighted by molar-refractivity contribution is 7.78. The second-order valence-electron chi connectivity index (χ2n) is 3.84. The first-order valence-corrected chi connectivity index (χ1v) is 6.23. The molecule has 2 rings (SSSR count). The van der Waals surface area contributed by atoms with Gasteiger partial charge in [0, 0.05) is 5.92 Å². The van der Waals surface area contributed by atoms with Crippen LogP contribution in [0, 0.1) is 0 Å². The lowest BCUT2D eigenvalue weighted by Gasteiger charge is -2.21. The summed E-state index contributed by atoms with van der Waals surface area (Å²) >= 11 is 9.27. The molecule has 0 atom stereocenters. The van der Waals surface area contributed by atoms with Crippen molar-refractivity contribution >= 4 is 34.8 Å². The highest BCUT2D eigenvalue weighted by Gasteiger charge is 2.25. The van der Waals surface area contributed by atoms with Crippen molar-refractivity contribution in [3.05, 3.63) is 60.2 Å². The molecular weight excluding hydrogens is 260 g/mol. The Morgan fingerprint density at radius 3 is 2.00 bits per heavy atom. The number of allylic oxidation sites excluding steroid dienone is 2. The van der Waals surface area contributed by atoms with E-state index in [2.05, 4.69) is 56.9 Å². The maximum atomic E-state index is 4.64. The molecular formula is C14H10N2S2. The van der Waals surface area contributed by atoms with Gasteiger partial charge in [-0.2, -0.15) is 9.98 Å². The molecule has 0 radical (unpaired) electrons. The summed E-state index contributed by atoms with van der Waals surface area (Å²) in [6.45, 7) is 0. The summed E-state index contributed by atoms with van der Waals surface area (Å²) in [7, 11) is 0. The van der Waals surface area contributed by atoms with Crippen molar-refractivity contribution in [1.82, 2.24) is 0 Å². The maximum Gasteiger partial charge on any atom is 0.206 e. The Bertz CT molecular complexity index is 543. The van der Waals surface area contributed by atoms with Crippen LogP contribution in [0.3, 0.4) is 0 Å². The third kappa shape index (κ3) is 2.76. The highest BCUT2D eigenvalue weighted by atomic mass is 32.1. The van der Waals surface area contributed by atoms with Crippen molar-refractivity contribution in [1.29, 1.82) is 0 Å². The van der Waals surface area contributed by atoms with E-state index in [0.29, 0.717) is 0 Å². The minimum atomic E-state index is -0.852. The molecule has 0 aromatic heterocycles. The first-order valence-electron chi connectivity index (χ1n) is 5.41. The number of aliphatic imine (C=N–C) groups is 2. The third-order valence-corrected chi connectivity index (χ3v) is 2.91. The fraction of sp³-hybridized carbons (Fsp3) is 0.143. The summed E-state index contributed by atoms with van der Waals surface area (Å²) in [5, 5.41) is 4.69. The van der Waals surface area contributed by atoms with Crippen LogP contribution in [0.15, 0.2) is 64.6 Å². The number of benzene rings is 1. The monoisotopic (exact) mass is 270 g/mol. The standard InChI is InChI=1S/C14H10N2S2/c17-10-15-14(16-11-18)8-6-13(7-9-14)12-4-2-1-3-5-12/h1-9,13H. The van der Waals surface area contributed by atoms with Gasteiger partial charge in [0.2, 0.25) is 5.66 Å². The molecule has 0 aliphatic heterocycles. The molecule has 0 heterocycles. The largest absolute Gasteiger partial charge is 0.206 e. The molecule has 2 nitrogen and oxygen atoms in total. The zero-order valence-corrected chi connectivity index (χ0v) is 11.1. The lowest BCUT2D eigenvalue weighted by atomic mass is 9.91. The fourth-order valence-corrected chi connectivity index (χ4v) is 2.12. The van der Waals surface area contributed by atoms with Crippen molar-refractivity contribution in [3.63, 3.8) is 0 Å². The molecule has 18 heavy (non-hydrogen) atoms. The molecule has 0 saturated heterocycles. The van der Waals surface area contributed by atoms with E-state index in [1.165, 1.54) is 5.56 Å². The molecule has 0 N–H and O–H groups in total.